The molecule has 0 nitrogen and oxygen atoms in total. The van der Waals surface area contributed by atoms with Gasteiger partial charge in [0.15, 0.2) is 0 Å². The van der Waals surface area contributed by atoms with Gasteiger partial charge < -0.3 is 0 Å². The first-order valence-electron chi connectivity index (χ1n) is 6.65. The molecule has 1 aliphatic carbocycles. The summed E-state index contributed by atoms with van der Waals surface area (Å²) < 4.78 is 0. The van der Waals surface area contributed by atoms with Crippen molar-refractivity contribution in [1.29, 1.82) is 0 Å². The Morgan fingerprint density at radius 2 is 1.61 bits per heavy atom. The van der Waals surface area contributed by atoms with Crippen molar-refractivity contribution in [3.05, 3.63) is 59.2 Å². The molecule has 2 aromatic rings. The minimum Gasteiger partial charge on any atom is -0.0876 e. The molecule has 1 heteroatoms. The second-order valence-corrected chi connectivity index (χ2v) is 5.50. The molecular formula is C17H17Br. The average molecular weight is 301 g/mol. The van der Waals surface area contributed by atoms with Crippen molar-refractivity contribution in [2.75, 3.05) is 0 Å². The number of fused-ring (bicyclic) bond motifs is 3. The Hall–Kier alpha value is -1.08. The van der Waals surface area contributed by atoms with E-state index in [-0.39, 0.29) is 0 Å². The van der Waals surface area contributed by atoms with Crippen molar-refractivity contribution in [2.45, 2.75) is 31.0 Å². The number of halogens is 1. The highest BCUT2D eigenvalue weighted by atomic mass is 79.9. The molecule has 0 unspecified atom stereocenters. The van der Waals surface area contributed by atoms with Gasteiger partial charge in [0.05, 0.1) is 0 Å². The van der Waals surface area contributed by atoms with Crippen molar-refractivity contribution >= 4 is 15.9 Å². The predicted octanol–water partition coefficient (Wildman–Crippen LogP) is 5.13. The summed E-state index contributed by atoms with van der Waals surface area (Å²) in [4.78, 5) is 0. The normalized spacial score (nSPS) is 14.3. The fraction of sp³-hybridized carbons (Fsp3) is 0.294. The van der Waals surface area contributed by atoms with Crippen molar-refractivity contribution in [3.8, 4) is 11.1 Å². The summed E-state index contributed by atoms with van der Waals surface area (Å²) in [5.41, 5.74) is 7.38. The molecule has 18 heavy (non-hydrogen) atoms. The monoisotopic (exact) mass is 300 g/mol. The van der Waals surface area contributed by atoms with Crippen LogP contribution in [0.5, 0.6) is 0 Å². The molecule has 0 heterocycles. The lowest BCUT2D eigenvalue weighted by atomic mass is 9.86. The van der Waals surface area contributed by atoms with Gasteiger partial charge in [0.2, 0.25) is 0 Å². The van der Waals surface area contributed by atoms with Crippen LogP contribution >= 0.6 is 15.9 Å². The van der Waals surface area contributed by atoms with Crippen LogP contribution < -0.4 is 0 Å². The summed E-state index contributed by atoms with van der Waals surface area (Å²) in [5, 5.41) is 0.957. The van der Waals surface area contributed by atoms with E-state index in [1.165, 1.54) is 47.9 Å². The van der Waals surface area contributed by atoms with Gasteiger partial charge in [-0.15, -0.1) is 0 Å². The Morgan fingerprint density at radius 1 is 0.833 bits per heavy atom. The molecule has 3 rings (SSSR count). The number of hydrogen-bond acceptors (Lipinski definition) is 0. The van der Waals surface area contributed by atoms with Crippen LogP contribution in [-0.4, -0.2) is 0 Å². The van der Waals surface area contributed by atoms with Gasteiger partial charge in [0.1, 0.15) is 0 Å². The van der Waals surface area contributed by atoms with Crippen molar-refractivity contribution < 1.29 is 0 Å². The number of benzene rings is 2. The van der Waals surface area contributed by atoms with E-state index in [1.54, 1.807) is 5.56 Å². The van der Waals surface area contributed by atoms with Crippen LogP contribution in [0, 0.1) is 0 Å². The summed E-state index contributed by atoms with van der Waals surface area (Å²) in [7, 11) is 0. The quantitative estimate of drug-likeness (QED) is 0.641. The molecular weight excluding hydrogens is 284 g/mol. The van der Waals surface area contributed by atoms with Crippen LogP contribution in [0.15, 0.2) is 42.5 Å². The molecule has 0 radical (unpaired) electrons. The van der Waals surface area contributed by atoms with Gasteiger partial charge in [-0.1, -0.05) is 58.4 Å². The van der Waals surface area contributed by atoms with Crippen LogP contribution in [0.1, 0.15) is 29.5 Å². The molecule has 0 saturated carbocycles. The summed E-state index contributed by atoms with van der Waals surface area (Å²) in [6, 6.07) is 15.6. The average Bonchev–Trinajstić information content (AvgIpc) is 2.41. The third-order valence-electron chi connectivity index (χ3n) is 3.85. The number of rotatable bonds is 1. The zero-order valence-corrected chi connectivity index (χ0v) is 12.0. The molecule has 0 saturated heterocycles. The minimum absolute atomic E-state index is 0.957. The summed E-state index contributed by atoms with van der Waals surface area (Å²) >= 11 is 3.62. The van der Waals surface area contributed by atoms with E-state index in [0.29, 0.717) is 0 Å². The maximum Gasteiger partial charge on any atom is 0.0286 e. The second kappa shape index (κ2) is 5.27. The van der Waals surface area contributed by atoms with E-state index in [2.05, 4.69) is 58.4 Å². The molecule has 92 valence electrons. The lowest BCUT2D eigenvalue weighted by Crippen LogP contribution is -2.02. The standard InChI is InChI=1S/C17H17Br/c18-12-14-8-5-11-17-15-9-3-1-6-13(15)7-2-4-10-16(14)17/h1,3,5-6,8-9,11H,2,4,7,10,12H2. The van der Waals surface area contributed by atoms with Crippen LogP contribution in [0.2, 0.25) is 0 Å². The first-order valence-corrected chi connectivity index (χ1v) is 7.77. The molecule has 1 aliphatic rings. The Balaban J connectivity index is 2.23. The second-order valence-electron chi connectivity index (χ2n) is 4.94. The SMILES string of the molecule is BrCc1cccc2c1CCCCc1ccccc1-2. The fourth-order valence-electron chi connectivity index (χ4n) is 2.93. The summed E-state index contributed by atoms with van der Waals surface area (Å²) in [5.74, 6) is 0. The Morgan fingerprint density at radius 3 is 2.50 bits per heavy atom. The van der Waals surface area contributed by atoms with E-state index in [1.807, 2.05) is 0 Å². The zero-order valence-electron chi connectivity index (χ0n) is 10.5. The lowest BCUT2D eigenvalue weighted by molar-refractivity contribution is 0.727. The molecule has 2 aromatic carbocycles. The zero-order chi connectivity index (χ0) is 12.4. The summed E-state index contributed by atoms with van der Waals surface area (Å²) in [6.45, 7) is 0. The predicted molar refractivity (Wildman–Crippen MR) is 81.2 cm³/mol. The van der Waals surface area contributed by atoms with Crippen LogP contribution in [0.25, 0.3) is 11.1 Å². The summed E-state index contributed by atoms with van der Waals surface area (Å²) in [6.07, 6.45) is 5.03. The van der Waals surface area contributed by atoms with E-state index in [4.69, 9.17) is 0 Å². The van der Waals surface area contributed by atoms with Gasteiger partial charge in [-0.25, -0.2) is 0 Å². The van der Waals surface area contributed by atoms with E-state index in [0.717, 1.165) is 5.33 Å². The van der Waals surface area contributed by atoms with Gasteiger partial charge in [-0.3, -0.25) is 0 Å². The first kappa shape index (κ1) is 12.0. The number of aryl methyl sites for hydroxylation is 1. The van der Waals surface area contributed by atoms with Gasteiger partial charge in [0, 0.05) is 5.33 Å². The third-order valence-corrected chi connectivity index (χ3v) is 4.45. The van der Waals surface area contributed by atoms with Crippen LogP contribution in [-0.2, 0) is 18.2 Å². The molecule has 0 bridgehead atoms. The molecule has 0 aromatic heterocycles. The van der Waals surface area contributed by atoms with E-state index < -0.39 is 0 Å². The maximum atomic E-state index is 3.62. The minimum atomic E-state index is 0.957. The smallest absolute Gasteiger partial charge is 0.0286 e. The van der Waals surface area contributed by atoms with Crippen LogP contribution in [0.3, 0.4) is 0 Å². The van der Waals surface area contributed by atoms with Gasteiger partial charge in [-0.05, 0) is 53.5 Å². The number of hydrogen-bond donors (Lipinski definition) is 0. The fourth-order valence-corrected chi connectivity index (χ4v) is 3.45. The largest absolute Gasteiger partial charge is 0.0876 e. The van der Waals surface area contributed by atoms with Gasteiger partial charge in [-0.2, -0.15) is 0 Å². The lowest BCUT2D eigenvalue weighted by Gasteiger charge is -2.19. The third kappa shape index (κ3) is 2.12. The van der Waals surface area contributed by atoms with Crippen molar-refractivity contribution in [3.63, 3.8) is 0 Å². The highest BCUT2D eigenvalue weighted by Gasteiger charge is 2.14. The molecule has 0 amide bonds. The highest BCUT2D eigenvalue weighted by molar-refractivity contribution is 9.08. The Labute approximate surface area is 117 Å². The van der Waals surface area contributed by atoms with Crippen molar-refractivity contribution in [2.24, 2.45) is 0 Å². The van der Waals surface area contributed by atoms with Gasteiger partial charge in [0.25, 0.3) is 0 Å². The van der Waals surface area contributed by atoms with Crippen LogP contribution in [0.4, 0.5) is 0 Å². The molecule has 0 N–H and O–H groups in total. The van der Waals surface area contributed by atoms with Crippen molar-refractivity contribution in [1.82, 2.24) is 0 Å². The Kier molecular flexibility index (Phi) is 3.51. The molecule has 0 atom stereocenters. The topological polar surface area (TPSA) is 0 Å². The van der Waals surface area contributed by atoms with E-state index in [9.17, 15) is 0 Å². The highest BCUT2D eigenvalue weighted by Crippen LogP contribution is 2.33. The molecule has 0 spiro atoms. The Bertz CT molecular complexity index is 557. The molecule has 0 aliphatic heterocycles. The first-order chi connectivity index (χ1) is 8.90. The maximum absolute atomic E-state index is 3.62. The van der Waals surface area contributed by atoms with E-state index >= 15 is 0 Å². The van der Waals surface area contributed by atoms with Gasteiger partial charge >= 0.3 is 0 Å². The number of alkyl halides is 1. The molecule has 0 fully saturated rings.